The molecule has 0 saturated heterocycles. The fourth-order valence-electron chi connectivity index (χ4n) is 2.14. The normalized spacial score (nSPS) is 15.7. The minimum Gasteiger partial charge on any atom is -0.743 e. The van der Waals surface area contributed by atoms with E-state index in [1.54, 1.807) is 0 Å². The second-order valence-corrected chi connectivity index (χ2v) is 7.39. The van der Waals surface area contributed by atoms with E-state index >= 15 is 0 Å². The van der Waals surface area contributed by atoms with Gasteiger partial charge in [0, 0.05) is 0 Å². The van der Waals surface area contributed by atoms with Crippen LogP contribution < -0.4 is 0 Å². The molecule has 0 saturated carbocycles. The SMILES string of the molecule is CC(F)C(F)(F)C(F)(F)C(F)(F)C(F)(F)S(=O)(=O)[O-].CC[N+](CC)(CC)CC. The molecule has 0 aliphatic rings. The summed E-state index contributed by atoms with van der Waals surface area (Å²) in [6.45, 7) is 13.9. The minimum absolute atomic E-state index is 0.339. The van der Waals surface area contributed by atoms with Crippen molar-refractivity contribution in [3.05, 3.63) is 0 Å². The van der Waals surface area contributed by atoms with Crippen molar-refractivity contribution in [2.24, 2.45) is 0 Å². The Morgan fingerprint density at radius 3 is 1.21 bits per heavy atom. The first-order valence-corrected chi connectivity index (χ1v) is 9.55. The second-order valence-electron chi connectivity index (χ2n) is 5.97. The Bertz CT molecular complexity index is 573. The molecule has 0 fully saturated rings. The minimum atomic E-state index is -7.40. The van der Waals surface area contributed by atoms with Crippen LogP contribution in [-0.4, -0.2) is 72.8 Å². The zero-order valence-electron chi connectivity index (χ0n) is 15.9. The highest BCUT2D eigenvalue weighted by atomic mass is 32.2. The van der Waals surface area contributed by atoms with Gasteiger partial charge in [0.2, 0.25) is 0 Å². The summed E-state index contributed by atoms with van der Waals surface area (Å²) >= 11 is 0. The van der Waals surface area contributed by atoms with Gasteiger partial charge in [0.15, 0.2) is 16.3 Å². The van der Waals surface area contributed by atoms with Crippen LogP contribution in [0, 0.1) is 0 Å². The van der Waals surface area contributed by atoms with Gasteiger partial charge in [0.05, 0.1) is 26.2 Å². The van der Waals surface area contributed by atoms with E-state index in [2.05, 4.69) is 27.7 Å². The summed E-state index contributed by atoms with van der Waals surface area (Å²) in [7, 11) is -7.40. The highest BCUT2D eigenvalue weighted by Crippen LogP contribution is 2.55. The maximum atomic E-state index is 12.6. The van der Waals surface area contributed by atoms with Gasteiger partial charge in [-0.05, 0) is 34.6 Å². The van der Waals surface area contributed by atoms with Crippen LogP contribution in [0.5, 0.6) is 0 Å². The topological polar surface area (TPSA) is 57.2 Å². The van der Waals surface area contributed by atoms with Gasteiger partial charge < -0.3 is 9.04 Å². The summed E-state index contributed by atoms with van der Waals surface area (Å²) in [6.07, 6.45) is -4.02. The van der Waals surface area contributed by atoms with Crippen molar-refractivity contribution in [1.82, 2.24) is 0 Å². The van der Waals surface area contributed by atoms with Gasteiger partial charge in [-0.15, -0.1) is 0 Å². The van der Waals surface area contributed by atoms with Crippen LogP contribution in [-0.2, 0) is 10.1 Å². The number of nitrogens with zero attached hydrogens (tertiary/aromatic N) is 1. The standard InChI is InChI=1S/C8H20N.C6H5F9O3S/c1-5-9(6-2,7-3)8-4;1-2(7)3(8,9)4(10,11)5(12,13)6(14,15)19(16,17)18/h5-8H2,1-4H3;2H,1H3,(H,16,17,18)/q+1;/p-1. The molecule has 0 aromatic rings. The molecule has 1 atom stereocenters. The van der Waals surface area contributed by atoms with E-state index < -0.39 is 39.3 Å². The van der Waals surface area contributed by atoms with Crippen molar-refractivity contribution < 1.29 is 57.0 Å². The van der Waals surface area contributed by atoms with Crippen LogP contribution in [0.1, 0.15) is 34.6 Å². The van der Waals surface area contributed by atoms with E-state index in [0.717, 1.165) is 0 Å². The van der Waals surface area contributed by atoms with E-state index in [0.29, 0.717) is 0 Å². The smallest absolute Gasteiger partial charge is 0.402 e. The molecule has 28 heavy (non-hydrogen) atoms. The first kappa shape index (κ1) is 29.4. The molecular formula is C14H24F9NO3S. The quantitative estimate of drug-likeness (QED) is 0.295. The lowest BCUT2D eigenvalue weighted by atomic mass is 10.0. The van der Waals surface area contributed by atoms with Crippen molar-refractivity contribution in [3.8, 4) is 0 Å². The number of hydrogen-bond donors (Lipinski definition) is 0. The van der Waals surface area contributed by atoms with Crippen LogP contribution in [0.4, 0.5) is 39.5 Å². The second kappa shape index (κ2) is 9.37. The summed E-state index contributed by atoms with van der Waals surface area (Å²) < 4.78 is 143. The molecule has 0 radical (unpaired) electrons. The zero-order valence-corrected chi connectivity index (χ0v) is 16.7. The van der Waals surface area contributed by atoms with Gasteiger partial charge in [-0.25, -0.2) is 12.8 Å². The first-order chi connectivity index (χ1) is 12.2. The molecule has 0 spiro atoms. The molecule has 0 bridgehead atoms. The molecule has 14 heteroatoms. The predicted octanol–water partition coefficient (Wildman–Crippen LogP) is 4.27. The largest absolute Gasteiger partial charge is 0.743 e. The summed E-state index contributed by atoms with van der Waals surface area (Å²) in [4.78, 5) is 0. The van der Waals surface area contributed by atoms with E-state index in [-0.39, 0.29) is 6.92 Å². The molecule has 1 unspecified atom stereocenters. The summed E-state index contributed by atoms with van der Waals surface area (Å²) in [5.41, 5.74) is 0. The number of rotatable bonds is 9. The lowest BCUT2D eigenvalue weighted by molar-refractivity contribution is -0.921. The van der Waals surface area contributed by atoms with Crippen LogP contribution in [0.2, 0.25) is 0 Å². The fraction of sp³-hybridized carbons (Fsp3) is 1.00. The molecule has 0 aromatic heterocycles. The number of halogens is 9. The third kappa shape index (κ3) is 5.23. The maximum absolute atomic E-state index is 12.6. The molecule has 0 aromatic carbocycles. The van der Waals surface area contributed by atoms with Crippen molar-refractivity contribution in [3.63, 3.8) is 0 Å². The predicted molar refractivity (Wildman–Crippen MR) is 82.5 cm³/mol. The summed E-state index contributed by atoms with van der Waals surface area (Å²) in [5.74, 6) is -20.8. The van der Waals surface area contributed by atoms with Crippen molar-refractivity contribution in [2.45, 2.75) is 63.8 Å². The Hall–Kier alpha value is -0.760. The van der Waals surface area contributed by atoms with Gasteiger partial charge in [0.1, 0.15) is 0 Å². The average Bonchev–Trinajstić information content (AvgIpc) is 2.56. The molecule has 0 amide bonds. The van der Waals surface area contributed by atoms with Gasteiger partial charge in [-0.3, -0.25) is 0 Å². The van der Waals surface area contributed by atoms with Crippen LogP contribution in [0.15, 0.2) is 0 Å². The van der Waals surface area contributed by atoms with Gasteiger partial charge in [-0.1, -0.05) is 0 Å². The first-order valence-electron chi connectivity index (χ1n) is 8.14. The van der Waals surface area contributed by atoms with Crippen LogP contribution in [0.3, 0.4) is 0 Å². The molecule has 172 valence electrons. The van der Waals surface area contributed by atoms with E-state index in [9.17, 15) is 52.5 Å². The van der Waals surface area contributed by atoms with Gasteiger partial charge in [-0.2, -0.15) is 35.1 Å². The molecular weight excluding hydrogens is 433 g/mol. The van der Waals surface area contributed by atoms with E-state index in [1.807, 2.05) is 0 Å². The Kier molecular flexibility index (Phi) is 9.85. The number of hydrogen-bond acceptors (Lipinski definition) is 3. The number of quaternary nitrogens is 1. The monoisotopic (exact) mass is 457 g/mol. The number of alkyl halides is 9. The average molecular weight is 457 g/mol. The van der Waals surface area contributed by atoms with E-state index in [1.165, 1.54) is 30.7 Å². The van der Waals surface area contributed by atoms with E-state index in [4.69, 9.17) is 0 Å². The molecule has 0 heterocycles. The van der Waals surface area contributed by atoms with Gasteiger partial charge >= 0.3 is 23.0 Å². The molecule has 0 aliphatic carbocycles. The molecule has 0 rings (SSSR count). The maximum Gasteiger partial charge on any atom is 0.402 e. The highest BCUT2D eigenvalue weighted by molar-refractivity contribution is 7.86. The lowest BCUT2D eigenvalue weighted by Gasteiger charge is -2.37. The van der Waals surface area contributed by atoms with Crippen LogP contribution >= 0.6 is 0 Å². The lowest BCUT2D eigenvalue weighted by Crippen LogP contribution is -2.66. The summed E-state index contributed by atoms with van der Waals surface area (Å²) in [5, 5.41) is -7.05. The Labute approximate surface area is 158 Å². The highest BCUT2D eigenvalue weighted by Gasteiger charge is 2.83. The Morgan fingerprint density at radius 2 is 1.07 bits per heavy atom. The molecule has 4 nitrogen and oxygen atoms in total. The summed E-state index contributed by atoms with van der Waals surface area (Å²) in [6, 6.07) is 0. The van der Waals surface area contributed by atoms with Crippen molar-refractivity contribution >= 4 is 10.1 Å². The van der Waals surface area contributed by atoms with Crippen molar-refractivity contribution in [1.29, 1.82) is 0 Å². The van der Waals surface area contributed by atoms with Crippen LogP contribution in [0.25, 0.3) is 0 Å². The Balaban J connectivity index is 0. The van der Waals surface area contributed by atoms with Crippen molar-refractivity contribution in [2.75, 3.05) is 26.2 Å². The molecule has 0 N–H and O–H groups in total. The zero-order chi connectivity index (χ0) is 23.4. The Morgan fingerprint density at radius 1 is 0.786 bits per heavy atom. The van der Waals surface area contributed by atoms with Gasteiger partial charge in [0.25, 0.3) is 0 Å². The molecule has 0 aliphatic heterocycles. The fourth-order valence-corrected chi connectivity index (χ4v) is 2.58. The third-order valence-electron chi connectivity index (χ3n) is 4.68. The third-order valence-corrected chi connectivity index (χ3v) is 5.56.